The van der Waals surface area contributed by atoms with Gasteiger partial charge >= 0.3 is 0 Å². The molecular formula is C15H23NO. The summed E-state index contributed by atoms with van der Waals surface area (Å²) >= 11 is 0. The molecule has 0 bridgehead atoms. The second-order valence-electron chi connectivity index (χ2n) is 4.05. The van der Waals surface area contributed by atoms with Crippen LogP contribution >= 0.6 is 0 Å². The summed E-state index contributed by atoms with van der Waals surface area (Å²) < 4.78 is 0. The molecule has 1 unspecified atom stereocenters. The number of aliphatic hydroxyl groups excluding tert-OH is 1. The van der Waals surface area contributed by atoms with Crippen molar-refractivity contribution in [2.45, 2.75) is 46.1 Å². The summed E-state index contributed by atoms with van der Waals surface area (Å²) in [5.74, 6) is 0. The highest BCUT2D eigenvalue weighted by molar-refractivity contribution is 5.79. The number of rotatable bonds is 4. The van der Waals surface area contributed by atoms with Crippen molar-refractivity contribution < 1.29 is 5.11 Å². The first-order chi connectivity index (χ1) is 8.29. The maximum Gasteiger partial charge on any atom is 0.0580 e. The van der Waals surface area contributed by atoms with Crippen molar-refractivity contribution in [2.24, 2.45) is 0 Å². The second-order valence-corrected chi connectivity index (χ2v) is 4.05. The van der Waals surface area contributed by atoms with E-state index < -0.39 is 0 Å². The predicted octanol–water partition coefficient (Wildman–Crippen LogP) is 3.90. The van der Waals surface area contributed by atoms with Crippen LogP contribution in [-0.2, 0) is 6.42 Å². The van der Waals surface area contributed by atoms with E-state index in [0.29, 0.717) is 0 Å². The second kappa shape index (κ2) is 7.13. The van der Waals surface area contributed by atoms with Crippen LogP contribution in [0, 0.1) is 0 Å². The third-order valence-corrected chi connectivity index (χ3v) is 2.71. The fourth-order valence-electron chi connectivity index (χ4n) is 1.94. The molecule has 1 atom stereocenters. The summed E-state index contributed by atoms with van der Waals surface area (Å²) in [5, 5.41) is 10.9. The number of nitrogens with one attached hydrogen (secondary N) is 1. The van der Waals surface area contributed by atoms with Crippen LogP contribution in [0.5, 0.6) is 0 Å². The third-order valence-electron chi connectivity index (χ3n) is 2.71. The number of aliphatic hydroxyl groups is 1. The molecule has 0 aliphatic heterocycles. The van der Waals surface area contributed by atoms with Crippen molar-refractivity contribution in [1.82, 2.24) is 4.98 Å². The summed E-state index contributed by atoms with van der Waals surface area (Å²) in [4.78, 5) is 3.16. The van der Waals surface area contributed by atoms with Gasteiger partial charge in [0, 0.05) is 11.7 Å². The lowest BCUT2D eigenvalue weighted by Gasteiger charge is -2.08. The van der Waals surface area contributed by atoms with Gasteiger partial charge in [-0.3, -0.25) is 0 Å². The number of H-pyrrole nitrogens is 1. The molecule has 2 aromatic rings. The zero-order valence-electron chi connectivity index (χ0n) is 11.0. The smallest absolute Gasteiger partial charge is 0.0580 e. The first-order valence-corrected chi connectivity index (χ1v) is 6.53. The zero-order valence-corrected chi connectivity index (χ0v) is 11.0. The van der Waals surface area contributed by atoms with E-state index in [4.69, 9.17) is 0 Å². The van der Waals surface area contributed by atoms with Gasteiger partial charge in [-0.25, -0.2) is 0 Å². The molecule has 94 valence electrons. The molecule has 2 N–H and O–H groups in total. The molecule has 1 aromatic heterocycles. The first-order valence-electron chi connectivity index (χ1n) is 6.53. The fourth-order valence-corrected chi connectivity index (χ4v) is 1.94. The largest absolute Gasteiger partial charge is 0.393 e. The molecule has 2 heteroatoms. The zero-order chi connectivity index (χ0) is 12.7. The van der Waals surface area contributed by atoms with Gasteiger partial charge in [-0.15, -0.1) is 0 Å². The Balaban J connectivity index is 0.000000686. The van der Waals surface area contributed by atoms with E-state index in [9.17, 15) is 5.11 Å². The van der Waals surface area contributed by atoms with E-state index in [1.165, 1.54) is 10.9 Å². The van der Waals surface area contributed by atoms with Gasteiger partial charge in [0.2, 0.25) is 0 Å². The average molecular weight is 233 g/mol. The topological polar surface area (TPSA) is 36.0 Å². The Morgan fingerprint density at radius 3 is 2.71 bits per heavy atom. The van der Waals surface area contributed by atoms with Crippen molar-refractivity contribution in [3.63, 3.8) is 0 Å². The number of aromatic nitrogens is 1. The van der Waals surface area contributed by atoms with Gasteiger partial charge in [-0.05, 0) is 42.0 Å². The molecule has 0 saturated carbocycles. The van der Waals surface area contributed by atoms with Gasteiger partial charge in [0.25, 0.3) is 0 Å². The van der Waals surface area contributed by atoms with Gasteiger partial charge < -0.3 is 10.1 Å². The van der Waals surface area contributed by atoms with Crippen molar-refractivity contribution in [3.05, 3.63) is 36.0 Å². The lowest BCUT2D eigenvalue weighted by Crippen LogP contribution is -2.09. The first kappa shape index (κ1) is 13.8. The minimum absolute atomic E-state index is 0.202. The highest BCUT2D eigenvalue weighted by Crippen LogP contribution is 2.16. The number of hydrogen-bond donors (Lipinski definition) is 2. The van der Waals surface area contributed by atoms with E-state index in [1.54, 1.807) is 0 Å². The molecule has 0 radical (unpaired) electrons. The molecular weight excluding hydrogens is 210 g/mol. The Hall–Kier alpha value is -1.28. The van der Waals surface area contributed by atoms with Crippen LogP contribution in [-0.4, -0.2) is 16.2 Å². The highest BCUT2D eigenvalue weighted by atomic mass is 16.3. The van der Waals surface area contributed by atoms with Crippen molar-refractivity contribution >= 4 is 10.9 Å². The molecule has 2 nitrogen and oxygen atoms in total. The number of benzene rings is 1. The average Bonchev–Trinajstić information content (AvgIpc) is 2.79. The Morgan fingerprint density at radius 1 is 1.24 bits per heavy atom. The maximum atomic E-state index is 9.72. The Bertz CT molecular complexity index is 433. The van der Waals surface area contributed by atoms with E-state index >= 15 is 0 Å². The van der Waals surface area contributed by atoms with Gasteiger partial charge in [0.15, 0.2) is 0 Å². The lowest BCUT2D eigenvalue weighted by molar-refractivity contribution is 0.164. The predicted molar refractivity (Wildman–Crippen MR) is 74.3 cm³/mol. The number of hydrogen-bond acceptors (Lipinski definition) is 1. The molecule has 0 aliphatic rings. The van der Waals surface area contributed by atoms with Crippen LogP contribution in [0.25, 0.3) is 10.9 Å². The van der Waals surface area contributed by atoms with Crippen LogP contribution in [0.3, 0.4) is 0 Å². The summed E-state index contributed by atoms with van der Waals surface area (Å²) in [6, 6.07) is 8.36. The monoisotopic (exact) mass is 233 g/mol. The Morgan fingerprint density at radius 2 is 2.00 bits per heavy atom. The van der Waals surface area contributed by atoms with E-state index in [2.05, 4.69) is 36.2 Å². The SMILES string of the molecule is CC.CCCC(O)Cc1ccc2[nH]ccc2c1. The summed E-state index contributed by atoms with van der Waals surface area (Å²) in [7, 11) is 0. The van der Waals surface area contributed by atoms with E-state index in [-0.39, 0.29) is 6.10 Å². The number of aromatic amines is 1. The summed E-state index contributed by atoms with van der Waals surface area (Å²) in [6.07, 6.45) is 4.41. The van der Waals surface area contributed by atoms with Crippen molar-refractivity contribution in [3.8, 4) is 0 Å². The van der Waals surface area contributed by atoms with Crippen molar-refractivity contribution in [2.75, 3.05) is 0 Å². The van der Waals surface area contributed by atoms with Gasteiger partial charge in [0.05, 0.1) is 6.10 Å². The van der Waals surface area contributed by atoms with Gasteiger partial charge in [-0.1, -0.05) is 33.3 Å². The van der Waals surface area contributed by atoms with Crippen LogP contribution < -0.4 is 0 Å². The molecule has 0 amide bonds. The maximum absolute atomic E-state index is 9.72. The number of fused-ring (bicyclic) bond motifs is 1. The summed E-state index contributed by atoms with van der Waals surface area (Å²) in [6.45, 7) is 6.10. The van der Waals surface area contributed by atoms with Gasteiger partial charge in [-0.2, -0.15) is 0 Å². The van der Waals surface area contributed by atoms with E-state index in [1.807, 2.05) is 20.0 Å². The van der Waals surface area contributed by atoms with Crippen LogP contribution in [0.2, 0.25) is 0 Å². The van der Waals surface area contributed by atoms with Gasteiger partial charge in [0.1, 0.15) is 0 Å². The summed E-state index contributed by atoms with van der Waals surface area (Å²) in [5.41, 5.74) is 2.37. The molecule has 0 saturated heterocycles. The molecule has 0 spiro atoms. The Kier molecular flexibility index (Phi) is 5.78. The van der Waals surface area contributed by atoms with Crippen molar-refractivity contribution in [1.29, 1.82) is 0 Å². The van der Waals surface area contributed by atoms with Crippen LogP contribution in [0.15, 0.2) is 30.5 Å². The normalized spacial score (nSPS) is 12.0. The standard InChI is InChI=1S/C13H17NO.C2H6/c1-2-3-12(15)9-10-4-5-13-11(8-10)6-7-14-13;1-2/h4-8,12,14-15H,2-3,9H2,1H3;1-2H3. The fraction of sp³-hybridized carbons (Fsp3) is 0.467. The quantitative estimate of drug-likeness (QED) is 0.825. The Labute approximate surface area is 104 Å². The van der Waals surface area contributed by atoms with Crippen LogP contribution in [0.1, 0.15) is 39.2 Å². The van der Waals surface area contributed by atoms with Crippen LogP contribution in [0.4, 0.5) is 0 Å². The minimum atomic E-state index is -0.202. The van der Waals surface area contributed by atoms with E-state index in [0.717, 1.165) is 24.8 Å². The molecule has 0 fully saturated rings. The minimum Gasteiger partial charge on any atom is -0.393 e. The molecule has 1 aromatic carbocycles. The third kappa shape index (κ3) is 3.90. The molecule has 1 heterocycles. The highest BCUT2D eigenvalue weighted by Gasteiger charge is 2.04. The molecule has 2 rings (SSSR count). The lowest BCUT2D eigenvalue weighted by atomic mass is 10.0. The molecule has 0 aliphatic carbocycles. The molecule has 17 heavy (non-hydrogen) atoms.